The zero-order valence-electron chi connectivity index (χ0n) is 11.5. The van der Waals surface area contributed by atoms with Crippen LogP contribution in [0.2, 0.25) is 0 Å². The van der Waals surface area contributed by atoms with Crippen LogP contribution >= 0.6 is 0 Å². The van der Waals surface area contributed by atoms with E-state index in [2.05, 4.69) is 9.47 Å². The summed E-state index contributed by atoms with van der Waals surface area (Å²) in [6.07, 6.45) is 0. The van der Waals surface area contributed by atoms with Crippen LogP contribution in [-0.2, 0) is 19.1 Å². The monoisotopic (exact) mass is 300 g/mol. The number of rotatable bonds is 6. The van der Waals surface area contributed by atoms with Gasteiger partial charge in [-0.3, -0.25) is 14.4 Å². The molecule has 0 aliphatic rings. The Bertz CT molecular complexity index is 538. The SMILES string of the molecule is CCOC(=O)C(C(=O)OCC)C(=O)c1cc(F)ccc1F. The first kappa shape index (κ1) is 16.7. The van der Waals surface area contributed by atoms with Crippen LogP contribution in [0.1, 0.15) is 24.2 Å². The van der Waals surface area contributed by atoms with E-state index in [9.17, 15) is 23.2 Å². The van der Waals surface area contributed by atoms with Gasteiger partial charge in [0.05, 0.1) is 18.8 Å². The number of benzene rings is 1. The van der Waals surface area contributed by atoms with Gasteiger partial charge in [-0.1, -0.05) is 0 Å². The minimum absolute atomic E-state index is 0.0757. The van der Waals surface area contributed by atoms with Crippen LogP contribution in [0.5, 0.6) is 0 Å². The fourth-order valence-electron chi connectivity index (χ4n) is 1.60. The molecule has 0 aliphatic carbocycles. The van der Waals surface area contributed by atoms with Gasteiger partial charge in [0.1, 0.15) is 11.6 Å². The second-order valence-corrected chi connectivity index (χ2v) is 3.93. The number of hydrogen-bond donors (Lipinski definition) is 0. The van der Waals surface area contributed by atoms with Crippen molar-refractivity contribution in [2.75, 3.05) is 13.2 Å². The van der Waals surface area contributed by atoms with E-state index in [4.69, 9.17) is 0 Å². The Morgan fingerprint density at radius 2 is 1.57 bits per heavy atom. The molecule has 0 saturated heterocycles. The third-order valence-corrected chi connectivity index (χ3v) is 2.50. The normalized spacial score (nSPS) is 10.3. The smallest absolute Gasteiger partial charge is 0.328 e. The fraction of sp³-hybridized carbons (Fsp3) is 0.357. The molecule has 0 radical (unpaired) electrons. The molecule has 0 N–H and O–H groups in total. The van der Waals surface area contributed by atoms with E-state index in [1.54, 1.807) is 0 Å². The average Bonchev–Trinajstić information content (AvgIpc) is 2.42. The first-order valence-electron chi connectivity index (χ1n) is 6.24. The Kier molecular flexibility index (Phi) is 5.95. The summed E-state index contributed by atoms with van der Waals surface area (Å²) < 4.78 is 35.9. The first-order chi connectivity index (χ1) is 9.92. The molecule has 21 heavy (non-hydrogen) atoms. The van der Waals surface area contributed by atoms with Crippen molar-refractivity contribution in [1.29, 1.82) is 0 Å². The van der Waals surface area contributed by atoms with E-state index >= 15 is 0 Å². The van der Waals surface area contributed by atoms with E-state index in [0.29, 0.717) is 6.07 Å². The van der Waals surface area contributed by atoms with Gasteiger partial charge in [-0.2, -0.15) is 0 Å². The molecule has 0 bridgehead atoms. The van der Waals surface area contributed by atoms with Gasteiger partial charge in [-0.25, -0.2) is 8.78 Å². The Morgan fingerprint density at radius 3 is 2.05 bits per heavy atom. The summed E-state index contributed by atoms with van der Waals surface area (Å²) in [5, 5.41) is 0. The van der Waals surface area contributed by atoms with Crippen LogP contribution in [0.25, 0.3) is 0 Å². The lowest BCUT2D eigenvalue weighted by molar-refractivity contribution is -0.158. The zero-order valence-corrected chi connectivity index (χ0v) is 11.5. The molecular weight excluding hydrogens is 286 g/mol. The summed E-state index contributed by atoms with van der Waals surface area (Å²) in [7, 11) is 0. The Morgan fingerprint density at radius 1 is 1.05 bits per heavy atom. The maximum atomic E-state index is 13.6. The maximum Gasteiger partial charge on any atom is 0.328 e. The van der Waals surface area contributed by atoms with E-state index in [0.717, 1.165) is 12.1 Å². The van der Waals surface area contributed by atoms with Gasteiger partial charge in [0.2, 0.25) is 5.92 Å². The van der Waals surface area contributed by atoms with E-state index < -0.39 is 40.8 Å². The highest BCUT2D eigenvalue weighted by Crippen LogP contribution is 2.17. The summed E-state index contributed by atoms with van der Waals surface area (Å²) in [4.78, 5) is 35.6. The molecule has 0 saturated carbocycles. The largest absolute Gasteiger partial charge is 0.465 e. The number of esters is 2. The second kappa shape index (κ2) is 7.47. The van der Waals surface area contributed by atoms with Crippen molar-refractivity contribution >= 4 is 17.7 Å². The van der Waals surface area contributed by atoms with Gasteiger partial charge in [0, 0.05) is 0 Å². The van der Waals surface area contributed by atoms with Crippen LogP contribution in [0, 0.1) is 17.6 Å². The molecule has 0 fully saturated rings. The van der Waals surface area contributed by atoms with E-state index in [1.807, 2.05) is 0 Å². The van der Waals surface area contributed by atoms with E-state index in [1.165, 1.54) is 13.8 Å². The number of halogens is 2. The van der Waals surface area contributed by atoms with Gasteiger partial charge in [0.15, 0.2) is 5.78 Å². The van der Waals surface area contributed by atoms with Crippen molar-refractivity contribution in [3.8, 4) is 0 Å². The van der Waals surface area contributed by atoms with Gasteiger partial charge >= 0.3 is 11.9 Å². The topological polar surface area (TPSA) is 69.7 Å². The zero-order chi connectivity index (χ0) is 16.0. The molecular formula is C14H14F2O5. The summed E-state index contributed by atoms with van der Waals surface area (Å²) in [5.41, 5.74) is -0.707. The van der Waals surface area contributed by atoms with Crippen LogP contribution < -0.4 is 0 Å². The van der Waals surface area contributed by atoms with Crippen molar-refractivity contribution in [2.24, 2.45) is 5.92 Å². The quantitative estimate of drug-likeness (QED) is 0.456. The first-order valence-corrected chi connectivity index (χ1v) is 6.24. The number of carbonyl (C=O) groups is 3. The van der Waals surface area contributed by atoms with Crippen molar-refractivity contribution < 1.29 is 32.6 Å². The Labute approximate surface area is 119 Å². The molecule has 1 aromatic carbocycles. The summed E-state index contributed by atoms with van der Waals surface area (Å²) in [6.45, 7) is 2.81. The van der Waals surface area contributed by atoms with Crippen molar-refractivity contribution in [1.82, 2.24) is 0 Å². The van der Waals surface area contributed by atoms with Crippen LogP contribution in [0.4, 0.5) is 8.78 Å². The predicted molar refractivity (Wildman–Crippen MR) is 67.4 cm³/mol. The van der Waals surface area contributed by atoms with Gasteiger partial charge in [-0.05, 0) is 32.0 Å². The number of carbonyl (C=O) groups excluding carboxylic acids is 3. The molecule has 0 atom stereocenters. The summed E-state index contributed by atoms with van der Waals surface area (Å²) in [5.74, 6) is -7.41. The van der Waals surface area contributed by atoms with Gasteiger partial charge < -0.3 is 9.47 Å². The standard InChI is InChI=1S/C14H14F2O5/c1-3-20-13(18)11(14(19)21-4-2)12(17)9-7-8(15)5-6-10(9)16/h5-7,11H,3-4H2,1-2H3. The molecule has 0 aliphatic heterocycles. The average molecular weight is 300 g/mol. The molecule has 0 heterocycles. The van der Waals surface area contributed by atoms with Crippen LogP contribution in [0.15, 0.2) is 18.2 Å². The maximum absolute atomic E-state index is 13.6. The molecule has 1 aromatic rings. The van der Waals surface area contributed by atoms with Crippen LogP contribution in [0.3, 0.4) is 0 Å². The Balaban J connectivity index is 3.18. The van der Waals surface area contributed by atoms with Crippen molar-refractivity contribution in [3.05, 3.63) is 35.4 Å². The number of Topliss-reactive ketones (excluding diaryl/α,β-unsaturated/α-hetero) is 1. The highest BCUT2D eigenvalue weighted by Gasteiger charge is 2.38. The Hall–Kier alpha value is -2.31. The van der Waals surface area contributed by atoms with E-state index in [-0.39, 0.29) is 13.2 Å². The minimum Gasteiger partial charge on any atom is -0.465 e. The summed E-state index contributed by atoms with van der Waals surface area (Å²) >= 11 is 0. The lowest BCUT2D eigenvalue weighted by Gasteiger charge is -2.13. The van der Waals surface area contributed by atoms with Crippen molar-refractivity contribution in [2.45, 2.75) is 13.8 Å². The third kappa shape index (κ3) is 4.08. The van der Waals surface area contributed by atoms with Gasteiger partial charge in [-0.15, -0.1) is 0 Å². The lowest BCUT2D eigenvalue weighted by atomic mass is 9.97. The molecule has 5 nitrogen and oxygen atoms in total. The minimum atomic E-state index is -1.97. The number of ketones is 1. The second-order valence-electron chi connectivity index (χ2n) is 3.93. The number of hydrogen-bond acceptors (Lipinski definition) is 5. The highest BCUT2D eigenvalue weighted by molar-refractivity contribution is 6.20. The molecule has 0 spiro atoms. The molecule has 0 amide bonds. The molecule has 0 aromatic heterocycles. The molecule has 1 rings (SSSR count). The molecule has 7 heteroatoms. The highest BCUT2D eigenvalue weighted by atomic mass is 19.1. The predicted octanol–water partition coefficient (Wildman–Crippen LogP) is 1.89. The number of ether oxygens (including phenoxy) is 2. The summed E-state index contributed by atoms with van der Waals surface area (Å²) in [6, 6.07) is 2.16. The fourth-order valence-corrected chi connectivity index (χ4v) is 1.60. The van der Waals surface area contributed by atoms with Gasteiger partial charge in [0.25, 0.3) is 0 Å². The lowest BCUT2D eigenvalue weighted by Crippen LogP contribution is -2.35. The molecule has 114 valence electrons. The third-order valence-electron chi connectivity index (χ3n) is 2.50. The van der Waals surface area contributed by atoms with Crippen LogP contribution in [-0.4, -0.2) is 30.9 Å². The van der Waals surface area contributed by atoms with Crippen molar-refractivity contribution in [3.63, 3.8) is 0 Å². The molecule has 0 unspecified atom stereocenters.